The minimum atomic E-state index is -0.428. The molecule has 0 saturated heterocycles. The van der Waals surface area contributed by atoms with E-state index in [2.05, 4.69) is 15.3 Å². The molecule has 2 aromatic carbocycles. The van der Waals surface area contributed by atoms with Crippen LogP contribution in [0.1, 0.15) is 36.1 Å². The van der Waals surface area contributed by atoms with Crippen LogP contribution in [-0.4, -0.2) is 15.9 Å². The molecule has 0 radical (unpaired) electrons. The van der Waals surface area contributed by atoms with Crippen molar-refractivity contribution in [2.75, 3.05) is 0 Å². The third kappa shape index (κ3) is 3.23. The summed E-state index contributed by atoms with van der Waals surface area (Å²) < 4.78 is 13.3. The zero-order valence-electron chi connectivity index (χ0n) is 13.0. The highest BCUT2D eigenvalue weighted by Gasteiger charge is 2.22. The number of carbonyl (C=O) groups excluding carboxylic acids is 1. The lowest BCUT2D eigenvalue weighted by Crippen LogP contribution is -2.32. The number of nitrogens with one attached hydrogen (secondary N) is 2. The summed E-state index contributed by atoms with van der Waals surface area (Å²) in [6.45, 7) is 4.01. The molecule has 0 aliphatic rings. The van der Waals surface area contributed by atoms with Crippen molar-refractivity contribution in [1.29, 1.82) is 0 Å². The van der Waals surface area contributed by atoms with Crippen molar-refractivity contribution in [3.63, 3.8) is 0 Å². The molecule has 0 spiro atoms. The standard InChI is InChI=1S/C18H18FN3O/c1-11(2)16(17-20-14-8-3-4-9-15(14)21-17)22-18(23)12-6-5-7-13(19)10-12/h3-11,16H,1-2H3,(H,20,21)(H,22,23)/t16-/m0/s1. The maximum atomic E-state index is 13.3. The van der Waals surface area contributed by atoms with Gasteiger partial charge in [0.2, 0.25) is 0 Å². The molecule has 4 nitrogen and oxygen atoms in total. The number of aromatic nitrogens is 2. The summed E-state index contributed by atoms with van der Waals surface area (Å²) in [5.74, 6) is 0.0881. The van der Waals surface area contributed by atoms with Crippen LogP contribution < -0.4 is 5.32 Å². The maximum Gasteiger partial charge on any atom is 0.251 e. The van der Waals surface area contributed by atoms with Gasteiger partial charge in [0.1, 0.15) is 11.6 Å². The molecule has 1 aromatic heterocycles. The Morgan fingerprint density at radius 3 is 2.65 bits per heavy atom. The fraction of sp³-hybridized carbons (Fsp3) is 0.222. The van der Waals surface area contributed by atoms with Gasteiger partial charge >= 0.3 is 0 Å². The van der Waals surface area contributed by atoms with Gasteiger partial charge in [-0.25, -0.2) is 9.37 Å². The summed E-state index contributed by atoms with van der Waals surface area (Å²) in [6, 6.07) is 13.1. The van der Waals surface area contributed by atoms with Gasteiger partial charge in [-0.05, 0) is 36.2 Å². The van der Waals surface area contributed by atoms with Crippen molar-refractivity contribution in [2.45, 2.75) is 19.9 Å². The van der Waals surface area contributed by atoms with E-state index in [-0.39, 0.29) is 17.9 Å². The highest BCUT2D eigenvalue weighted by atomic mass is 19.1. The minimum absolute atomic E-state index is 0.132. The third-order valence-corrected chi connectivity index (χ3v) is 3.74. The first-order valence-corrected chi connectivity index (χ1v) is 7.55. The lowest BCUT2D eigenvalue weighted by atomic mass is 10.0. The van der Waals surface area contributed by atoms with Gasteiger partial charge in [-0.3, -0.25) is 4.79 Å². The number of halogens is 1. The Balaban J connectivity index is 1.88. The number of H-pyrrole nitrogens is 1. The monoisotopic (exact) mass is 311 g/mol. The van der Waals surface area contributed by atoms with E-state index in [9.17, 15) is 9.18 Å². The molecule has 118 valence electrons. The summed E-state index contributed by atoms with van der Waals surface area (Å²) in [7, 11) is 0. The number of para-hydroxylation sites is 2. The number of carbonyl (C=O) groups is 1. The van der Waals surface area contributed by atoms with Crippen LogP contribution >= 0.6 is 0 Å². The molecule has 0 bridgehead atoms. The molecule has 0 unspecified atom stereocenters. The highest BCUT2D eigenvalue weighted by Crippen LogP contribution is 2.22. The normalized spacial score (nSPS) is 12.5. The number of imidazole rings is 1. The minimum Gasteiger partial charge on any atom is -0.342 e. The largest absolute Gasteiger partial charge is 0.342 e. The second-order valence-corrected chi connectivity index (χ2v) is 5.84. The van der Waals surface area contributed by atoms with E-state index in [4.69, 9.17) is 0 Å². The molecule has 0 aliphatic carbocycles. The average molecular weight is 311 g/mol. The van der Waals surface area contributed by atoms with Crippen molar-refractivity contribution in [1.82, 2.24) is 15.3 Å². The number of fused-ring (bicyclic) bond motifs is 1. The summed E-state index contributed by atoms with van der Waals surface area (Å²) in [4.78, 5) is 20.2. The topological polar surface area (TPSA) is 57.8 Å². The maximum absolute atomic E-state index is 13.3. The Bertz CT molecular complexity index is 808. The molecular weight excluding hydrogens is 293 g/mol. The highest BCUT2D eigenvalue weighted by molar-refractivity contribution is 5.94. The van der Waals surface area contributed by atoms with E-state index in [1.54, 1.807) is 6.07 Å². The first-order valence-electron chi connectivity index (χ1n) is 7.55. The predicted octanol–water partition coefficient (Wildman–Crippen LogP) is 3.83. The van der Waals surface area contributed by atoms with E-state index >= 15 is 0 Å². The van der Waals surface area contributed by atoms with Crippen LogP contribution in [0.15, 0.2) is 48.5 Å². The lowest BCUT2D eigenvalue weighted by molar-refractivity contribution is 0.0923. The van der Waals surface area contributed by atoms with E-state index in [0.29, 0.717) is 11.4 Å². The molecule has 1 heterocycles. The van der Waals surface area contributed by atoms with Crippen molar-refractivity contribution in [3.8, 4) is 0 Å². The predicted molar refractivity (Wildman–Crippen MR) is 87.5 cm³/mol. The molecule has 3 rings (SSSR count). The van der Waals surface area contributed by atoms with E-state index in [1.807, 2.05) is 38.1 Å². The summed E-state index contributed by atoms with van der Waals surface area (Å²) in [5.41, 5.74) is 2.08. The molecule has 3 aromatic rings. The van der Waals surface area contributed by atoms with Crippen molar-refractivity contribution in [3.05, 3.63) is 65.7 Å². The van der Waals surface area contributed by atoms with Crippen LogP contribution in [0.5, 0.6) is 0 Å². The number of nitrogens with zero attached hydrogens (tertiary/aromatic N) is 1. The summed E-state index contributed by atoms with van der Waals surface area (Å²) in [5, 5.41) is 2.94. The Morgan fingerprint density at radius 1 is 1.17 bits per heavy atom. The van der Waals surface area contributed by atoms with Gasteiger partial charge in [-0.1, -0.05) is 32.0 Å². The molecule has 1 atom stereocenters. The molecule has 0 aliphatic heterocycles. The zero-order chi connectivity index (χ0) is 16.4. The van der Waals surface area contributed by atoms with Crippen LogP contribution in [0.4, 0.5) is 4.39 Å². The number of hydrogen-bond acceptors (Lipinski definition) is 2. The fourth-order valence-electron chi connectivity index (χ4n) is 2.52. The van der Waals surface area contributed by atoms with Gasteiger partial charge in [0.15, 0.2) is 0 Å². The first-order chi connectivity index (χ1) is 11.0. The SMILES string of the molecule is CC(C)[C@H](NC(=O)c1cccc(F)c1)c1nc2ccccc2[nH]1. The second kappa shape index (κ2) is 6.20. The molecule has 0 saturated carbocycles. The quantitative estimate of drug-likeness (QED) is 0.769. The van der Waals surface area contributed by atoms with Crippen LogP contribution in [0, 0.1) is 11.7 Å². The molecule has 23 heavy (non-hydrogen) atoms. The molecular formula is C18H18FN3O. The van der Waals surface area contributed by atoms with E-state index in [0.717, 1.165) is 11.0 Å². The summed E-state index contributed by atoms with van der Waals surface area (Å²) >= 11 is 0. The van der Waals surface area contributed by atoms with Crippen LogP contribution in [0.25, 0.3) is 11.0 Å². The molecule has 2 N–H and O–H groups in total. The number of benzene rings is 2. The first kappa shape index (κ1) is 15.2. The van der Waals surface area contributed by atoms with Crippen molar-refractivity contribution < 1.29 is 9.18 Å². The Hall–Kier alpha value is -2.69. The van der Waals surface area contributed by atoms with Gasteiger partial charge in [-0.15, -0.1) is 0 Å². The number of amides is 1. The Morgan fingerprint density at radius 2 is 1.96 bits per heavy atom. The van der Waals surface area contributed by atoms with Crippen molar-refractivity contribution >= 4 is 16.9 Å². The van der Waals surface area contributed by atoms with Gasteiger partial charge in [0, 0.05) is 5.56 Å². The van der Waals surface area contributed by atoms with E-state index in [1.165, 1.54) is 18.2 Å². The van der Waals surface area contributed by atoms with Crippen LogP contribution in [0.2, 0.25) is 0 Å². The Kier molecular flexibility index (Phi) is 4.10. The third-order valence-electron chi connectivity index (χ3n) is 3.74. The number of hydrogen-bond donors (Lipinski definition) is 2. The molecule has 5 heteroatoms. The smallest absolute Gasteiger partial charge is 0.251 e. The summed E-state index contributed by atoms with van der Waals surface area (Å²) in [6.07, 6.45) is 0. The van der Waals surface area contributed by atoms with Crippen LogP contribution in [0.3, 0.4) is 0 Å². The molecule has 1 amide bonds. The fourth-order valence-corrected chi connectivity index (χ4v) is 2.52. The lowest BCUT2D eigenvalue weighted by Gasteiger charge is -2.20. The van der Waals surface area contributed by atoms with Gasteiger partial charge in [0.25, 0.3) is 5.91 Å². The van der Waals surface area contributed by atoms with E-state index < -0.39 is 5.82 Å². The van der Waals surface area contributed by atoms with Crippen LogP contribution in [-0.2, 0) is 0 Å². The van der Waals surface area contributed by atoms with Gasteiger partial charge in [-0.2, -0.15) is 0 Å². The van der Waals surface area contributed by atoms with Gasteiger partial charge < -0.3 is 10.3 Å². The zero-order valence-corrected chi connectivity index (χ0v) is 13.0. The Labute approximate surface area is 133 Å². The number of rotatable bonds is 4. The average Bonchev–Trinajstić information content (AvgIpc) is 2.95. The second-order valence-electron chi connectivity index (χ2n) is 5.84. The number of aromatic amines is 1. The molecule has 0 fully saturated rings. The van der Waals surface area contributed by atoms with Gasteiger partial charge in [0.05, 0.1) is 17.1 Å². The van der Waals surface area contributed by atoms with Crippen molar-refractivity contribution in [2.24, 2.45) is 5.92 Å².